The average Bonchev–Trinajstić information content (AvgIpc) is 3.15. The third kappa shape index (κ3) is 3.63. The van der Waals surface area contributed by atoms with Crippen LogP contribution in [0.4, 0.5) is 0 Å². The molecule has 2 aromatic heterocycles. The Morgan fingerprint density at radius 2 is 2.18 bits per heavy atom. The number of nitrogens with two attached hydrogens (primary N) is 1. The van der Waals surface area contributed by atoms with E-state index in [1.54, 1.807) is 12.1 Å². The summed E-state index contributed by atoms with van der Waals surface area (Å²) < 4.78 is 5.93. The van der Waals surface area contributed by atoms with Crippen molar-refractivity contribution in [2.24, 2.45) is 11.7 Å². The van der Waals surface area contributed by atoms with Gasteiger partial charge in [0.25, 0.3) is 5.91 Å². The molecule has 0 saturated carbocycles. The highest BCUT2D eigenvalue weighted by Gasteiger charge is 2.25. The van der Waals surface area contributed by atoms with Gasteiger partial charge in [0.15, 0.2) is 11.5 Å². The van der Waals surface area contributed by atoms with Gasteiger partial charge in [0.05, 0.1) is 9.21 Å². The zero-order valence-electron chi connectivity index (χ0n) is 11.8. The van der Waals surface area contributed by atoms with Crippen LogP contribution in [0.25, 0.3) is 10.6 Å². The monoisotopic (exact) mass is 361 g/mol. The molecular weight excluding hydrogens is 345 g/mol. The number of halogens is 2. The van der Waals surface area contributed by atoms with E-state index >= 15 is 0 Å². The van der Waals surface area contributed by atoms with Crippen LogP contribution >= 0.6 is 35.3 Å². The van der Waals surface area contributed by atoms with Gasteiger partial charge in [-0.1, -0.05) is 16.8 Å². The number of nitrogens with zero attached hydrogens (tertiary/aromatic N) is 2. The minimum Gasteiger partial charge on any atom is -0.355 e. The Kier molecular flexibility index (Phi) is 5.86. The summed E-state index contributed by atoms with van der Waals surface area (Å²) >= 11 is 7.30. The number of likely N-dealkylation sites (tertiary alicyclic amines) is 1. The van der Waals surface area contributed by atoms with Crippen molar-refractivity contribution in [2.45, 2.75) is 12.8 Å². The Balaban J connectivity index is 0.00000176. The van der Waals surface area contributed by atoms with Crippen molar-refractivity contribution >= 4 is 41.3 Å². The van der Waals surface area contributed by atoms with Gasteiger partial charge in [-0.05, 0) is 37.4 Å². The second-order valence-electron chi connectivity index (χ2n) is 5.15. The Labute approximate surface area is 143 Å². The number of aromatic nitrogens is 1. The molecule has 2 aromatic rings. The predicted octanol–water partition coefficient (Wildman–Crippen LogP) is 3.29. The van der Waals surface area contributed by atoms with Gasteiger partial charge in [0.1, 0.15) is 0 Å². The molecule has 5 nitrogen and oxygen atoms in total. The largest absolute Gasteiger partial charge is 0.355 e. The fourth-order valence-electron chi connectivity index (χ4n) is 2.47. The van der Waals surface area contributed by atoms with E-state index in [2.05, 4.69) is 5.16 Å². The molecule has 8 heteroatoms. The quantitative estimate of drug-likeness (QED) is 0.910. The fourth-order valence-corrected chi connectivity index (χ4v) is 3.46. The maximum atomic E-state index is 12.4. The molecule has 1 saturated heterocycles. The number of hydrogen-bond donors (Lipinski definition) is 1. The van der Waals surface area contributed by atoms with Gasteiger partial charge >= 0.3 is 0 Å². The topological polar surface area (TPSA) is 72.4 Å². The molecule has 1 fully saturated rings. The van der Waals surface area contributed by atoms with Crippen molar-refractivity contribution in [2.75, 3.05) is 19.6 Å². The molecular formula is C14H17Cl2N3O2S. The lowest BCUT2D eigenvalue weighted by Gasteiger charge is -2.30. The summed E-state index contributed by atoms with van der Waals surface area (Å²) in [6.07, 6.45) is 1.90. The lowest BCUT2D eigenvalue weighted by atomic mass is 9.97. The van der Waals surface area contributed by atoms with Gasteiger partial charge in [-0.2, -0.15) is 0 Å². The van der Waals surface area contributed by atoms with Crippen LogP contribution in [0, 0.1) is 5.92 Å². The second kappa shape index (κ2) is 7.46. The summed E-state index contributed by atoms with van der Waals surface area (Å²) in [6.45, 7) is 2.15. The average molecular weight is 362 g/mol. The first-order chi connectivity index (χ1) is 10.2. The number of thiophene rings is 1. The van der Waals surface area contributed by atoms with Gasteiger partial charge in [-0.25, -0.2) is 0 Å². The Morgan fingerprint density at radius 3 is 2.77 bits per heavy atom. The van der Waals surface area contributed by atoms with Crippen molar-refractivity contribution in [3.8, 4) is 10.6 Å². The fraction of sp³-hybridized carbons (Fsp3) is 0.429. The van der Waals surface area contributed by atoms with Gasteiger partial charge < -0.3 is 15.2 Å². The zero-order chi connectivity index (χ0) is 14.8. The molecule has 0 spiro atoms. The molecule has 2 N–H and O–H groups in total. The lowest BCUT2D eigenvalue weighted by molar-refractivity contribution is 0.0683. The summed E-state index contributed by atoms with van der Waals surface area (Å²) in [6, 6.07) is 5.33. The first-order valence-corrected chi connectivity index (χ1v) is 8.08. The standard InChI is InChI=1S/C14H16ClN3O2S.ClH/c15-13-2-1-12(21-13)11-7-10(17-20-11)14(19)18-5-3-9(8-16)4-6-18;/h1-2,7,9H,3-6,8,16H2;1H. The van der Waals surface area contributed by atoms with Crippen LogP contribution in [0.2, 0.25) is 4.34 Å². The highest BCUT2D eigenvalue weighted by Crippen LogP contribution is 2.31. The summed E-state index contributed by atoms with van der Waals surface area (Å²) in [5.41, 5.74) is 6.01. The summed E-state index contributed by atoms with van der Waals surface area (Å²) in [5.74, 6) is 1.02. The molecule has 0 atom stereocenters. The molecule has 0 aromatic carbocycles. The minimum atomic E-state index is -0.0804. The normalized spacial score (nSPS) is 15.6. The van der Waals surface area contributed by atoms with E-state index in [1.165, 1.54) is 11.3 Å². The maximum Gasteiger partial charge on any atom is 0.276 e. The SMILES string of the molecule is Cl.NCC1CCN(C(=O)c2cc(-c3ccc(Cl)s3)on2)CC1. The molecule has 0 unspecified atom stereocenters. The van der Waals surface area contributed by atoms with Crippen LogP contribution in [-0.4, -0.2) is 35.6 Å². The van der Waals surface area contributed by atoms with Gasteiger partial charge in [-0.3, -0.25) is 4.79 Å². The van der Waals surface area contributed by atoms with Crippen LogP contribution in [0.1, 0.15) is 23.3 Å². The molecule has 120 valence electrons. The summed E-state index contributed by atoms with van der Waals surface area (Å²) in [4.78, 5) is 15.1. The number of carbonyl (C=O) groups is 1. The van der Waals surface area contributed by atoms with Gasteiger partial charge in [0.2, 0.25) is 0 Å². The van der Waals surface area contributed by atoms with Crippen LogP contribution in [0.3, 0.4) is 0 Å². The van der Waals surface area contributed by atoms with E-state index in [0.717, 1.165) is 30.8 Å². The third-order valence-electron chi connectivity index (χ3n) is 3.78. The van der Waals surface area contributed by atoms with E-state index in [4.69, 9.17) is 21.9 Å². The first-order valence-electron chi connectivity index (χ1n) is 6.89. The van der Waals surface area contributed by atoms with Crippen molar-refractivity contribution in [1.82, 2.24) is 10.1 Å². The first kappa shape index (κ1) is 17.3. The Morgan fingerprint density at radius 1 is 1.45 bits per heavy atom. The third-order valence-corrected chi connectivity index (χ3v) is 5.03. The lowest BCUT2D eigenvalue weighted by Crippen LogP contribution is -2.40. The van der Waals surface area contributed by atoms with Crippen molar-refractivity contribution < 1.29 is 9.32 Å². The van der Waals surface area contributed by atoms with Crippen molar-refractivity contribution in [1.29, 1.82) is 0 Å². The molecule has 1 aliphatic rings. The van der Waals surface area contributed by atoms with Crippen LogP contribution in [0.5, 0.6) is 0 Å². The summed E-state index contributed by atoms with van der Waals surface area (Å²) in [7, 11) is 0. The predicted molar refractivity (Wildman–Crippen MR) is 89.8 cm³/mol. The molecule has 0 radical (unpaired) electrons. The highest BCUT2D eigenvalue weighted by atomic mass is 35.5. The summed E-state index contributed by atoms with van der Waals surface area (Å²) in [5, 5.41) is 3.89. The molecule has 1 amide bonds. The van der Waals surface area contributed by atoms with E-state index in [-0.39, 0.29) is 18.3 Å². The molecule has 3 rings (SSSR count). The molecule has 1 aliphatic heterocycles. The van der Waals surface area contributed by atoms with Crippen molar-refractivity contribution in [3.63, 3.8) is 0 Å². The van der Waals surface area contributed by atoms with E-state index < -0.39 is 0 Å². The smallest absolute Gasteiger partial charge is 0.276 e. The van der Waals surface area contributed by atoms with E-state index in [1.807, 2.05) is 11.0 Å². The zero-order valence-corrected chi connectivity index (χ0v) is 14.2. The number of piperidine rings is 1. The number of carbonyl (C=O) groups excluding carboxylic acids is 1. The minimum absolute atomic E-state index is 0. The number of amides is 1. The maximum absolute atomic E-state index is 12.4. The second-order valence-corrected chi connectivity index (χ2v) is 6.87. The highest BCUT2D eigenvalue weighted by molar-refractivity contribution is 7.19. The number of rotatable bonds is 3. The van der Waals surface area contributed by atoms with E-state index in [0.29, 0.717) is 28.3 Å². The molecule has 0 bridgehead atoms. The molecule has 0 aliphatic carbocycles. The Hall–Kier alpha value is -1.08. The van der Waals surface area contributed by atoms with Gasteiger partial charge in [0, 0.05) is 19.2 Å². The Bertz CT molecular complexity index is 636. The molecule has 3 heterocycles. The van der Waals surface area contributed by atoms with Crippen LogP contribution in [0.15, 0.2) is 22.7 Å². The van der Waals surface area contributed by atoms with Crippen molar-refractivity contribution in [3.05, 3.63) is 28.2 Å². The van der Waals surface area contributed by atoms with Gasteiger partial charge in [-0.15, -0.1) is 23.7 Å². The number of hydrogen-bond acceptors (Lipinski definition) is 5. The van der Waals surface area contributed by atoms with Crippen LogP contribution < -0.4 is 5.73 Å². The van der Waals surface area contributed by atoms with E-state index in [9.17, 15) is 4.79 Å². The van der Waals surface area contributed by atoms with Crippen LogP contribution in [-0.2, 0) is 0 Å². The molecule has 22 heavy (non-hydrogen) atoms.